The number of hydrogen-bond acceptors (Lipinski definition) is 2. The van der Waals surface area contributed by atoms with Crippen LogP contribution in [-0.2, 0) is 5.41 Å². The summed E-state index contributed by atoms with van der Waals surface area (Å²) in [6.07, 6.45) is 4.39. The van der Waals surface area contributed by atoms with Gasteiger partial charge in [0.25, 0.3) is 0 Å². The molecule has 0 heterocycles. The van der Waals surface area contributed by atoms with Crippen molar-refractivity contribution in [2.45, 2.75) is 36.9 Å². The zero-order chi connectivity index (χ0) is 16.2. The molecule has 1 aliphatic rings. The van der Waals surface area contributed by atoms with E-state index >= 15 is 0 Å². The number of thioether (sulfide) groups is 1. The van der Waals surface area contributed by atoms with Crippen LogP contribution >= 0.6 is 35.7 Å². The van der Waals surface area contributed by atoms with Gasteiger partial charge in [0.05, 0.1) is 0 Å². The molecule has 0 bridgehead atoms. The Balaban J connectivity index is 0.00000264. The van der Waals surface area contributed by atoms with E-state index in [1.54, 1.807) is 19.2 Å². The van der Waals surface area contributed by atoms with Crippen LogP contribution in [0.4, 0.5) is 4.39 Å². The maximum atomic E-state index is 13.1. The number of aliphatic imine (C=N–C) groups is 1. The van der Waals surface area contributed by atoms with Crippen molar-refractivity contribution < 1.29 is 4.39 Å². The van der Waals surface area contributed by atoms with E-state index in [1.807, 2.05) is 23.9 Å². The number of guanidine groups is 1. The van der Waals surface area contributed by atoms with Crippen molar-refractivity contribution in [2.75, 3.05) is 26.4 Å². The average Bonchev–Trinajstić information content (AvgIpc) is 3.29. The fourth-order valence-corrected chi connectivity index (χ4v) is 2.58. The molecule has 1 aromatic rings. The van der Waals surface area contributed by atoms with E-state index in [2.05, 4.69) is 35.7 Å². The van der Waals surface area contributed by atoms with Crippen LogP contribution < -0.4 is 10.6 Å². The van der Waals surface area contributed by atoms with Gasteiger partial charge in [0, 0.05) is 30.3 Å². The SMILES string of the molecule is CN=C(NCC(C)(C)SC)NCC1(c2ccc(F)cc2)CC1.I. The predicted octanol–water partition coefficient (Wildman–Crippen LogP) is 3.78. The van der Waals surface area contributed by atoms with Crippen molar-refractivity contribution >= 4 is 41.7 Å². The first-order chi connectivity index (χ1) is 10.4. The lowest BCUT2D eigenvalue weighted by Gasteiger charge is -2.25. The molecule has 1 aliphatic carbocycles. The zero-order valence-corrected chi connectivity index (χ0v) is 17.4. The van der Waals surface area contributed by atoms with Gasteiger partial charge in [-0.25, -0.2) is 4.39 Å². The van der Waals surface area contributed by atoms with E-state index in [0.717, 1.165) is 31.9 Å². The summed E-state index contributed by atoms with van der Waals surface area (Å²) in [6.45, 7) is 6.10. The van der Waals surface area contributed by atoms with Crippen molar-refractivity contribution in [1.82, 2.24) is 10.6 Å². The van der Waals surface area contributed by atoms with Gasteiger partial charge in [-0.15, -0.1) is 24.0 Å². The van der Waals surface area contributed by atoms with Crippen LogP contribution in [0.1, 0.15) is 32.3 Å². The molecule has 0 atom stereocenters. The number of nitrogens with one attached hydrogen (secondary N) is 2. The highest BCUT2D eigenvalue weighted by Gasteiger charge is 2.44. The number of halogens is 2. The molecule has 6 heteroatoms. The molecular formula is C17H27FIN3S. The molecular weight excluding hydrogens is 424 g/mol. The summed E-state index contributed by atoms with van der Waals surface area (Å²) in [5, 5.41) is 6.80. The van der Waals surface area contributed by atoms with E-state index in [-0.39, 0.29) is 40.0 Å². The predicted molar refractivity (Wildman–Crippen MR) is 110 cm³/mol. The second kappa shape index (κ2) is 8.55. The van der Waals surface area contributed by atoms with Gasteiger partial charge in [0.2, 0.25) is 0 Å². The smallest absolute Gasteiger partial charge is 0.191 e. The van der Waals surface area contributed by atoms with E-state index in [4.69, 9.17) is 0 Å². The molecule has 2 rings (SSSR count). The third-order valence-electron chi connectivity index (χ3n) is 4.36. The fourth-order valence-electron chi connectivity index (χ4n) is 2.36. The fraction of sp³-hybridized carbons (Fsp3) is 0.588. The van der Waals surface area contributed by atoms with Crippen LogP contribution in [0.15, 0.2) is 29.3 Å². The second-order valence-corrected chi connectivity index (χ2v) is 8.04. The molecule has 2 N–H and O–H groups in total. The maximum absolute atomic E-state index is 13.1. The highest BCUT2D eigenvalue weighted by molar-refractivity contribution is 14.0. The summed E-state index contributed by atoms with van der Waals surface area (Å²) in [4.78, 5) is 4.29. The van der Waals surface area contributed by atoms with Gasteiger partial charge >= 0.3 is 0 Å². The van der Waals surface area contributed by atoms with Gasteiger partial charge in [-0.05, 0) is 50.6 Å². The highest BCUT2D eigenvalue weighted by Crippen LogP contribution is 2.47. The summed E-state index contributed by atoms with van der Waals surface area (Å²) in [5.41, 5.74) is 1.35. The maximum Gasteiger partial charge on any atom is 0.191 e. The van der Waals surface area contributed by atoms with Gasteiger partial charge < -0.3 is 10.6 Å². The number of rotatable bonds is 6. The normalized spacial score (nSPS) is 16.5. The number of hydrogen-bond donors (Lipinski definition) is 2. The molecule has 0 radical (unpaired) electrons. The standard InChI is InChI=1S/C17H26FN3S.HI/c1-16(2,22-4)11-20-15(19-3)21-12-17(9-10-17)13-5-7-14(18)8-6-13;/h5-8H,9-12H2,1-4H3,(H2,19,20,21);1H. The second-order valence-electron chi connectivity index (χ2n) is 6.53. The van der Waals surface area contributed by atoms with Crippen LogP contribution in [0.3, 0.4) is 0 Å². The van der Waals surface area contributed by atoms with Gasteiger partial charge in [0.1, 0.15) is 5.82 Å². The lowest BCUT2D eigenvalue weighted by atomic mass is 9.96. The van der Waals surface area contributed by atoms with Gasteiger partial charge in [-0.1, -0.05) is 12.1 Å². The Morgan fingerprint density at radius 3 is 2.35 bits per heavy atom. The molecule has 0 spiro atoms. The molecule has 1 saturated carbocycles. The molecule has 0 amide bonds. The lowest BCUT2D eigenvalue weighted by Crippen LogP contribution is -2.45. The molecule has 1 aromatic carbocycles. The first kappa shape index (κ1) is 20.5. The third kappa shape index (κ3) is 5.81. The Morgan fingerprint density at radius 2 is 1.87 bits per heavy atom. The van der Waals surface area contributed by atoms with Crippen molar-refractivity contribution in [1.29, 1.82) is 0 Å². The summed E-state index contributed by atoms with van der Waals surface area (Å²) in [5.74, 6) is 0.653. The highest BCUT2D eigenvalue weighted by atomic mass is 127. The minimum Gasteiger partial charge on any atom is -0.356 e. The van der Waals surface area contributed by atoms with E-state index in [9.17, 15) is 4.39 Å². The lowest BCUT2D eigenvalue weighted by molar-refractivity contribution is 0.613. The topological polar surface area (TPSA) is 36.4 Å². The Bertz CT molecular complexity index is 527. The number of benzene rings is 1. The quantitative estimate of drug-likeness (QED) is 0.393. The molecule has 0 unspecified atom stereocenters. The van der Waals surface area contributed by atoms with Crippen molar-refractivity contribution in [2.24, 2.45) is 4.99 Å². The van der Waals surface area contributed by atoms with Crippen molar-refractivity contribution in [3.05, 3.63) is 35.6 Å². The summed E-state index contributed by atoms with van der Waals surface area (Å²) < 4.78 is 13.2. The van der Waals surface area contributed by atoms with Crippen LogP contribution in [0.5, 0.6) is 0 Å². The van der Waals surface area contributed by atoms with Gasteiger partial charge in [-0.2, -0.15) is 11.8 Å². The first-order valence-corrected chi connectivity index (χ1v) is 8.89. The van der Waals surface area contributed by atoms with Crippen molar-refractivity contribution in [3.63, 3.8) is 0 Å². The third-order valence-corrected chi connectivity index (χ3v) is 5.61. The Morgan fingerprint density at radius 1 is 1.26 bits per heavy atom. The Kier molecular flexibility index (Phi) is 7.64. The number of nitrogens with zero attached hydrogens (tertiary/aromatic N) is 1. The van der Waals surface area contributed by atoms with Crippen LogP contribution in [0, 0.1) is 5.82 Å². The van der Waals surface area contributed by atoms with E-state index in [1.165, 1.54) is 5.56 Å². The Labute approximate surface area is 160 Å². The van der Waals surface area contributed by atoms with Crippen LogP contribution in [0.2, 0.25) is 0 Å². The zero-order valence-electron chi connectivity index (χ0n) is 14.3. The van der Waals surface area contributed by atoms with E-state index < -0.39 is 0 Å². The molecule has 0 saturated heterocycles. The molecule has 0 aromatic heterocycles. The average molecular weight is 451 g/mol. The first-order valence-electron chi connectivity index (χ1n) is 7.66. The summed E-state index contributed by atoms with van der Waals surface area (Å²) in [7, 11) is 1.79. The van der Waals surface area contributed by atoms with Crippen LogP contribution in [-0.4, -0.2) is 37.1 Å². The minimum atomic E-state index is -0.177. The largest absolute Gasteiger partial charge is 0.356 e. The molecule has 0 aliphatic heterocycles. The monoisotopic (exact) mass is 451 g/mol. The van der Waals surface area contributed by atoms with E-state index in [0.29, 0.717) is 0 Å². The van der Waals surface area contributed by atoms with Gasteiger partial charge in [0.15, 0.2) is 5.96 Å². The molecule has 130 valence electrons. The molecule has 1 fully saturated rings. The summed E-state index contributed by atoms with van der Waals surface area (Å²) in [6, 6.07) is 6.89. The Hall–Kier alpha value is -0.500. The minimum absolute atomic E-state index is 0. The van der Waals surface area contributed by atoms with Crippen molar-refractivity contribution in [3.8, 4) is 0 Å². The molecule has 23 heavy (non-hydrogen) atoms. The summed E-state index contributed by atoms with van der Waals surface area (Å²) >= 11 is 1.83. The van der Waals surface area contributed by atoms with Crippen LogP contribution in [0.25, 0.3) is 0 Å². The van der Waals surface area contributed by atoms with Gasteiger partial charge in [-0.3, -0.25) is 4.99 Å². The molecule has 3 nitrogen and oxygen atoms in total.